The van der Waals surface area contributed by atoms with Crippen molar-refractivity contribution >= 4 is 18.4 Å². The number of carboxylic acids is 1. The number of aliphatic carboxylic acids is 1. The molecule has 0 bridgehead atoms. The van der Waals surface area contributed by atoms with Crippen molar-refractivity contribution in [2.24, 2.45) is 0 Å². The van der Waals surface area contributed by atoms with Gasteiger partial charge < -0.3 is 29.4 Å². The van der Waals surface area contributed by atoms with Gasteiger partial charge in [-0.25, -0.2) is 4.79 Å². The Morgan fingerprint density at radius 3 is 2.39 bits per heavy atom. The molecule has 0 aromatic heterocycles. The molecule has 2 unspecified atom stereocenters. The van der Waals surface area contributed by atoms with Crippen LogP contribution in [0.5, 0.6) is 23.0 Å². The van der Waals surface area contributed by atoms with Gasteiger partial charge in [-0.05, 0) is 68.1 Å². The zero-order valence-corrected chi connectivity index (χ0v) is 19.1. The average molecular weight is 452 g/mol. The van der Waals surface area contributed by atoms with Crippen molar-refractivity contribution < 1.29 is 28.8 Å². The van der Waals surface area contributed by atoms with E-state index >= 15 is 0 Å². The highest BCUT2D eigenvalue weighted by Gasteiger charge is 2.25. The Balaban J connectivity index is 0.00000341. The molecule has 170 valence electrons. The molecular formula is C23H30ClNO6. The highest BCUT2D eigenvalue weighted by molar-refractivity contribution is 5.85. The van der Waals surface area contributed by atoms with Gasteiger partial charge in [-0.3, -0.25) is 0 Å². The van der Waals surface area contributed by atoms with Gasteiger partial charge in [0.1, 0.15) is 0 Å². The molecule has 0 saturated carbocycles. The molecule has 8 heteroatoms. The first-order chi connectivity index (χ1) is 14.5. The predicted molar refractivity (Wildman–Crippen MR) is 120 cm³/mol. The molecule has 2 atom stereocenters. The lowest BCUT2D eigenvalue weighted by Crippen LogP contribution is -2.30. The quantitative estimate of drug-likeness (QED) is 0.595. The molecule has 0 saturated heterocycles. The minimum absolute atomic E-state index is 0. The standard InChI is InChI=1S/C23H29NO6.ClH/c1-5-28-20-11-15-9-10-24-22(17(15)13-21(20)29-6-2)16-7-8-18(19(12-16)27-4)30-14(3)23(25)26;/h7-8,11-14,22,24H,5-6,9-10H2,1-4H3,(H,25,26);1H. The van der Waals surface area contributed by atoms with Crippen LogP contribution in [-0.2, 0) is 11.2 Å². The van der Waals surface area contributed by atoms with Crippen LogP contribution in [0.4, 0.5) is 0 Å². The largest absolute Gasteiger partial charge is 0.493 e. The monoisotopic (exact) mass is 451 g/mol. The van der Waals surface area contributed by atoms with Gasteiger partial charge in [0.25, 0.3) is 0 Å². The molecule has 2 aromatic rings. The van der Waals surface area contributed by atoms with Gasteiger partial charge >= 0.3 is 5.97 Å². The number of halogens is 1. The van der Waals surface area contributed by atoms with E-state index in [2.05, 4.69) is 11.4 Å². The summed E-state index contributed by atoms with van der Waals surface area (Å²) in [6, 6.07) is 9.62. The summed E-state index contributed by atoms with van der Waals surface area (Å²) < 4.78 is 22.6. The summed E-state index contributed by atoms with van der Waals surface area (Å²) in [5, 5.41) is 12.7. The lowest BCUT2D eigenvalue weighted by atomic mass is 9.89. The number of ether oxygens (including phenoxy) is 4. The van der Waals surface area contributed by atoms with Crippen LogP contribution >= 0.6 is 12.4 Å². The third-order valence-electron chi connectivity index (χ3n) is 5.03. The number of carboxylic acid groups (broad SMARTS) is 1. The molecule has 1 heterocycles. The number of hydrogen-bond donors (Lipinski definition) is 2. The third-order valence-corrected chi connectivity index (χ3v) is 5.03. The van der Waals surface area contributed by atoms with Crippen molar-refractivity contribution in [3.05, 3.63) is 47.0 Å². The van der Waals surface area contributed by atoms with Gasteiger partial charge in [-0.15, -0.1) is 12.4 Å². The number of hydrogen-bond acceptors (Lipinski definition) is 6. The summed E-state index contributed by atoms with van der Waals surface area (Å²) in [4.78, 5) is 11.1. The highest BCUT2D eigenvalue weighted by Crippen LogP contribution is 2.39. The Morgan fingerprint density at radius 1 is 1.10 bits per heavy atom. The van der Waals surface area contributed by atoms with Crippen LogP contribution in [-0.4, -0.2) is 44.0 Å². The average Bonchev–Trinajstić information content (AvgIpc) is 2.74. The molecule has 0 radical (unpaired) electrons. The van der Waals surface area contributed by atoms with Crippen molar-refractivity contribution in [1.82, 2.24) is 5.32 Å². The lowest BCUT2D eigenvalue weighted by molar-refractivity contribution is -0.144. The maximum Gasteiger partial charge on any atom is 0.344 e. The molecule has 1 aliphatic heterocycles. The number of carbonyl (C=O) groups is 1. The van der Waals surface area contributed by atoms with Gasteiger partial charge in [0.2, 0.25) is 0 Å². The zero-order valence-electron chi connectivity index (χ0n) is 18.3. The topological polar surface area (TPSA) is 86.3 Å². The highest BCUT2D eigenvalue weighted by atomic mass is 35.5. The second-order valence-corrected chi connectivity index (χ2v) is 7.01. The molecule has 0 fully saturated rings. The first kappa shape index (κ1) is 24.6. The van der Waals surface area contributed by atoms with Crippen LogP contribution in [0.1, 0.15) is 43.5 Å². The minimum atomic E-state index is -1.03. The van der Waals surface area contributed by atoms with Gasteiger partial charge in [0.05, 0.1) is 26.4 Å². The number of nitrogens with one attached hydrogen (secondary N) is 1. The van der Waals surface area contributed by atoms with E-state index < -0.39 is 12.1 Å². The number of rotatable bonds is 9. The first-order valence-corrected chi connectivity index (χ1v) is 10.2. The Kier molecular flexibility index (Phi) is 8.83. The minimum Gasteiger partial charge on any atom is -0.493 e. The Morgan fingerprint density at radius 2 is 1.77 bits per heavy atom. The summed E-state index contributed by atoms with van der Waals surface area (Å²) in [5.41, 5.74) is 3.34. The maximum absolute atomic E-state index is 11.1. The van der Waals surface area contributed by atoms with Crippen LogP contribution in [0.3, 0.4) is 0 Å². The first-order valence-electron chi connectivity index (χ1n) is 10.2. The maximum atomic E-state index is 11.1. The summed E-state index contributed by atoms with van der Waals surface area (Å²) in [6.07, 6.45) is -0.0729. The predicted octanol–water partition coefficient (Wildman–Crippen LogP) is 4.00. The smallest absolute Gasteiger partial charge is 0.344 e. The fourth-order valence-electron chi connectivity index (χ4n) is 3.60. The van der Waals surface area contributed by atoms with E-state index in [1.165, 1.54) is 12.5 Å². The molecule has 3 rings (SSSR count). The van der Waals surface area contributed by atoms with Crippen molar-refractivity contribution in [3.63, 3.8) is 0 Å². The van der Waals surface area contributed by atoms with Crippen LogP contribution < -0.4 is 24.3 Å². The van der Waals surface area contributed by atoms with Gasteiger partial charge in [0.15, 0.2) is 29.1 Å². The van der Waals surface area contributed by atoms with E-state index in [1.807, 2.05) is 32.0 Å². The Bertz CT molecular complexity index is 904. The van der Waals surface area contributed by atoms with Gasteiger partial charge in [-0.1, -0.05) is 6.07 Å². The zero-order chi connectivity index (χ0) is 21.7. The summed E-state index contributed by atoms with van der Waals surface area (Å²) >= 11 is 0. The van der Waals surface area contributed by atoms with Crippen molar-refractivity contribution in [2.45, 2.75) is 39.3 Å². The van der Waals surface area contributed by atoms with E-state index in [-0.39, 0.29) is 18.4 Å². The molecule has 31 heavy (non-hydrogen) atoms. The fourth-order valence-corrected chi connectivity index (χ4v) is 3.60. The molecule has 2 N–H and O–H groups in total. The van der Waals surface area contributed by atoms with E-state index in [0.29, 0.717) is 24.7 Å². The molecule has 0 spiro atoms. The number of benzene rings is 2. The van der Waals surface area contributed by atoms with Crippen molar-refractivity contribution in [3.8, 4) is 23.0 Å². The Hall–Kier alpha value is -2.64. The van der Waals surface area contributed by atoms with Gasteiger partial charge in [0, 0.05) is 6.54 Å². The Labute approximate surface area is 189 Å². The lowest BCUT2D eigenvalue weighted by Gasteiger charge is -2.29. The van der Waals surface area contributed by atoms with E-state index in [0.717, 1.165) is 35.6 Å². The number of methoxy groups -OCH3 is 1. The molecule has 1 aliphatic rings. The molecule has 2 aromatic carbocycles. The van der Waals surface area contributed by atoms with Crippen molar-refractivity contribution in [2.75, 3.05) is 26.9 Å². The van der Waals surface area contributed by atoms with E-state index in [4.69, 9.17) is 24.1 Å². The summed E-state index contributed by atoms with van der Waals surface area (Å²) in [6.45, 7) is 7.35. The second kappa shape index (κ2) is 11.1. The van der Waals surface area contributed by atoms with E-state index in [9.17, 15) is 4.79 Å². The number of fused-ring (bicyclic) bond motifs is 1. The second-order valence-electron chi connectivity index (χ2n) is 7.01. The van der Waals surface area contributed by atoms with E-state index in [1.54, 1.807) is 13.2 Å². The van der Waals surface area contributed by atoms with Crippen LogP contribution in [0.25, 0.3) is 0 Å². The van der Waals surface area contributed by atoms with Crippen LogP contribution in [0.15, 0.2) is 30.3 Å². The normalized spacial score (nSPS) is 15.8. The van der Waals surface area contributed by atoms with Crippen LogP contribution in [0.2, 0.25) is 0 Å². The molecule has 7 nitrogen and oxygen atoms in total. The summed E-state index contributed by atoms with van der Waals surface area (Å²) in [5.74, 6) is 1.36. The SMILES string of the molecule is CCOc1cc2c(cc1OCC)C(c1ccc(OC(C)C(=O)O)c(OC)c1)NCC2.Cl. The molecular weight excluding hydrogens is 422 g/mol. The third kappa shape index (κ3) is 5.54. The fraction of sp³-hybridized carbons (Fsp3) is 0.435. The van der Waals surface area contributed by atoms with Gasteiger partial charge in [-0.2, -0.15) is 0 Å². The molecule has 0 aliphatic carbocycles. The van der Waals surface area contributed by atoms with Crippen molar-refractivity contribution in [1.29, 1.82) is 0 Å². The summed E-state index contributed by atoms with van der Waals surface area (Å²) in [7, 11) is 1.54. The van der Waals surface area contributed by atoms with Crippen LogP contribution in [0, 0.1) is 0 Å². The molecule has 0 amide bonds.